The average Bonchev–Trinajstić information content (AvgIpc) is 3.15. The molecule has 0 aromatic heterocycles. The van der Waals surface area contributed by atoms with E-state index in [1.54, 1.807) is 4.90 Å². The Hall–Kier alpha value is -4.18. The minimum absolute atomic E-state index is 0.118. The van der Waals surface area contributed by atoms with Gasteiger partial charge in [0.15, 0.2) is 5.54 Å². The summed E-state index contributed by atoms with van der Waals surface area (Å²) in [5.41, 5.74) is 1.41. The lowest BCUT2D eigenvalue weighted by Crippen LogP contribution is -2.81. The van der Waals surface area contributed by atoms with Crippen molar-refractivity contribution in [1.29, 1.82) is 0 Å². The molecule has 2 aliphatic heterocycles. The van der Waals surface area contributed by atoms with Crippen LogP contribution in [0.3, 0.4) is 0 Å². The van der Waals surface area contributed by atoms with Gasteiger partial charge in [0.05, 0.1) is 0 Å². The van der Waals surface area contributed by atoms with Gasteiger partial charge < -0.3 is 5.32 Å². The molecule has 1 spiro atoms. The first-order chi connectivity index (χ1) is 15.7. The molecule has 154 valence electrons. The van der Waals surface area contributed by atoms with Gasteiger partial charge in [0, 0.05) is 16.9 Å². The van der Waals surface area contributed by atoms with Crippen LogP contribution in [0.25, 0.3) is 0 Å². The van der Waals surface area contributed by atoms with Crippen molar-refractivity contribution in [1.82, 2.24) is 0 Å². The van der Waals surface area contributed by atoms with Crippen molar-refractivity contribution in [2.24, 2.45) is 0 Å². The molecule has 0 aliphatic carbocycles. The molecule has 0 radical (unpaired) electrons. The van der Waals surface area contributed by atoms with Gasteiger partial charge in [-0.25, -0.2) is 0 Å². The summed E-state index contributed by atoms with van der Waals surface area (Å²) in [7, 11) is 0. The maximum atomic E-state index is 14.3. The van der Waals surface area contributed by atoms with Crippen LogP contribution in [-0.2, 0) is 20.5 Å². The van der Waals surface area contributed by atoms with Gasteiger partial charge in [-0.3, -0.25) is 14.5 Å². The van der Waals surface area contributed by atoms with Crippen LogP contribution in [0.2, 0.25) is 0 Å². The number of carbonyl (C=O) groups excluding carboxylic acids is 2. The predicted molar refractivity (Wildman–Crippen MR) is 124 cm³/mol. The molecular weight excluding hydrogens is 396 g/mol. The highest BCUT2D eigenvalue weighted by Gasteiger charge is 2.79. The Morgan fingerprint density at radius 2 is 1.09 bits per heavy atom. The number of carbonyl (C=O) groups is 2. The fourth-order valence-corrected chi connectivity index (χ4v) is 5.52. The SMILES string of the molecule is O=C1N(c2ccccc2)C2(C(=O)Nc3ccccc32)C1(c1ccccc1)c1ccccc1. The molecule has 1 N–H and O–H groups in total. The van der Waals surface area contributed by atoms with E-state index in [-0.39, 0.29) is 11.8 Å². The van der Waals surface area contributed by atoms with Crippen molar-refractivity contribution in [2.45, 2.75) is 11.0 Å². The number of amides is 2. The van der Waals surface area contributed by atoms with Crippen LogP contribution in [-0.4, -0.2) is 11.8 Å². The zero-order valence-corrected chi connectivity index (χ0v) is 17.2. The number of hydrogen-bond donors (Lipinski definition) is 1. The predicted octanol–water partition coefficient (Wildman–Crippen LogP) is 4.87. The molecule has 1 fully saturated rings. The molecule has 2 amide bonds. The molecule has 1 unspecified atom stereocenters. The van der Waals surface area contributed by atoms with E-state index in [1.165, 1.54) is 0 Å². The maximum absolute atomic E-state index is 14.3. The molecule has 0 bridgehead atoms. The van der Waals surface area contributed by atoms with Crippen LogP contribution in [0, 0.1) is 0 Å². The zero-order chi connectivity index (χ0) is 21.8. The Labute approximate surface area is 186 Å². The summed E-state index contributed by atoms with van der Waals surface area (Å²) >= 11 is 0. The Balaban J connectivity index is 1.76. The molecule has 4 nitrogen and oxygen atoms in total. The van der Waals surface area contributed by atoms with Gasteiger partial charge >= 0.3 is 0 Å². The summed E-state index contributed by atoms with van der Waals surface area (Å²) in [5, 5.41) is 3.07. The Morgan fingerprint density at radius 1 is 0.594 bits per heavy atom. The van der Waals surface area contributed by atoms with E-state index in [0.29, 0.717) is 5.69 Å². The highest BCUT2D eigenvalue weighted by Crippen LogP contribution is 2.64. The molecule has 4 aromatic rings. The molecule has 1 atom stereocenters. The van der Waals surface area contributed by atoms with E-state index in [9.17, 15) is 9.59 Å². The second-order valence-corrected chi connectivity index (χ2v) is 8.17. The first kappa shape index (κ1) is 18.6. The number of benzene rings is 4. The van der Waals surface area contributed by atoms with Crippen molar-refractivity contribution in [3.05, 3.63) is 132 Å². The number of nitrogens with one attached hydrogen (secondary N) is 1. The number of para-hydroxylation sites is 2. The van der Waals surface area contributed by atoms with Crippen molar-refractivity contribution in [2.75, 3.05) is 10.2 Å². The van der Waals surface area contributed by atoms with E-state index in [4.69, 9.17) is 0 Å². The third-order valence-electron chi connectivity index (χ3n) is 6.72. The number of rotatable bonds is 3. The topological polar surface area (TPSA) is 49.4 Å². The number of nitrogens with zero attached hydrogens (tertiary/aromatic N) is 1. The highest BCUT2D eigenvalue weighted by atomic mass is 16.2. The lowest BCUT2D eigenvalue weighted by molar-refractivity contribution is -0.145. The molecule has 1 saturated heterocycles. The number of fused-ring (bicyclic) bond motifs is 2. The second-order valence-electron chi connectivity index (χ2n) is 8.17. The molecular formula is C28H20N2O2. The quantitative estimate of drug-likeness (QED) is 0.485. The fraction of sp³-hybridized carbons (Fsp3) is 0.0714. The van der Waals surface area contributed by atoms with Crippen LogP contribution >= 0.6 is 0 Å². The van der Waals surface area contributed by atoms with Gasteiger partial charge in [0.2, 0.25) is 5.91 Å². The lowest BCUT2D eigenvalue weighted by Gasteiger charge is -2.62. The number of anilines is 2. The van der Waals surface area contributed by atoms with Gasteiger partial charge in [0.25, 0.3) is 5.91 Å². The third kappa shape index (κ3) is 2.06. The molecule has 6 rings (SSSR count). The monoisotopic (exact) mass is 416 g/mol. The first-order valence-corrected chi connectivity index (χ1v) is 10.6. The molecule has 4 aromatic carbocycles. The summed E-state index contributed by atoms with van der Waals surface area (Å²) in [4.78, 5) is 30.0. The van der Waals surface area contributed by atoms with Gasteiger partial charge in [-0.1, -0.05) is 97.1 Å². The Morgan fingerprint density at radius 3 is 1.69 bits per heavy atom. The van der Waals surface area contributed by atoms with E-state index >= 15 is 0 Å². The standard InChI is InChI=1S/C28H20N2O2/c31-25-28(23-18-10-11-19-24(23)29-25)27(20-12-4-1-5-13-20,21-14-6-2-7-15-21)26(32)30(28)22-16-8-3-9-17-22/h1-19H,(H,29,31). The zero-order valence-electron chi connectivity index (χ0n) is 17.2. The summed E-state index contributed by atoms with van der Waals surface area (Å²) < 4.78 is 0. The minimum atomic E-state index is -1.25. The van der Waals surface area contributed by atoms with E-state index < -0.39 is 11.0 Å². The number of β-lactam (4-membered cyclic amide) rings is 1. The summed E-state index contributed by atoms with van der Waals surface area (Å²) in [6, 6.07) is 36.5. The molecule has 4 heteroatoms. The van der Waals surface area contributed by atoms with E-state index in [0.717, 1.165) is 22.4 Å². The minimum Gasteiger partial charge on any atom is -0.323 e. The van der Waals surface area contributed by atoms with E-state index in [1.807, 2.05) is 115 Å². The highest BCUT2D eigenvalue weighted by molar-refractivity contribution is 6.27. The Bertz CT molecular complexity index is 1300. The molecule has 32 heavy (non-hydrogen) atoms. The van der Waals surface area contributed by atoms with Crippen molar-refractivity contribution < 1.29 is 9.59 Å². The maximum Gasteiger partial charge on any atom is 0.257 e. The fourth-order valence-electron chi connectivity index (χ4n) is 5.52. The van der Waals surface area contributed by atoms with Crippen molar-refractivity contribution in [3.63, 3.8) is 0 Å². The number of hydrogen-bond acceptors (Lipinski definition) is 2. The largest absolute Gasteiger partial charge is 0.323 e. The smallest absolute Gasteiger partial charge is 0.257 e. The summed E-state index contributed by atoms with van der Waals surface area (Å²) in [6.07, 6.45) is 0. The summed E-state index contributed by atoms with van der Waals surface area (Å²) in [6.45, 7) is 0. The normalized spacial score (nSPS) is 20.6. The van der Waals surface area contributed by atoms with Crippen molar-refractivity contribution in [3.8, 4) is 0 Å². The Kier molecular flexibility index (Phi) is 3.87. The molecule has 2 heterocycles. The van der Waals surface area contributed by atoms with E-state index in [2.05, 4.69) is 5.32 Å². The summed E-state index contributed by atoms with van der Waals surface area (Å²) in [5.74, 6) is -0.317. The van der Waals surface area contributed by atoms with Crippen molar-refractivity contribution >= 4 is 23.2 Å². The van der Waals surface area contributed by atoms with Crippen LogP contribution in [0.1, 0.15) is 16.7 Å². The third-order valence-corrected chi connectivity index (χ3v) is 6.72. The molecule has 2 aliphatic rings. The van der Waals surface area contributed by atoms with Gasteiger partial charge in [-0.2, -0.15) is 0 Å². The van der Waals surface area contributed by atoms with Gasteiger partial charge in [-0.05, 0) is 29.3 Å². The van der Waals surface area contributed by atoms with Crippen LogP contribution < -0.4 is 10.2 Å². The molecule has 0 saturated carbocycles. The first-order valence-electron chi connectivity index (χ1n) is 10.6. The van der Waals surface area contributed by atoms with Gasteiger partial charge in [0.1, 0.15) is 5.41 Å². The lowest BCUT2D eigenvalue weighted by atomic mass is 9.51. The van der Waals surface area contributed by atoms with Crippen LogP contribution in [0.15, 0.2) is 115 Å². The van der Waals surface area contributed by atoms with Gasteiger partial charge in [-0.15, -0.1) is 0 Å². The average molecular weight is 416 g/mol. The second kappa shape index (κ2) is 6.66. The van der Waals surface area contributed by atoms with Crippen LogP contribution in [0.5, 0.6) is 0 Å². The van der Waals surface area contributed by atoms with Crippen LogP contribution in [0.4, 0.5) is 11.4 Å².